The van der Waals surface area contributed by atoms with Crippen LogP contribution in [0, 0.1) is 0 Å². The molecule has 3 aromatic rings. The van der Waals surface area contributed by atoms with E-state index in [-0.39, 0.29) is 5.91 Å². The van der Waals surface area contributed by atoms with Gasteiger partial charge in [-0.1, -0.05) is 42.1 Å². The number of nitrogens with zero attached hydrogens (tertiary/aromatic N) is 2. The van der Waals surface area contributed by atoms with Gasteiger partial charge >= 0.3 is 0 Å². The highest BCUT2D eigenvalue weighted by molar-refractivity contribution is 7.99. The monoisotopic (exact) mass is 378 g/mol. The maximum absolute atomic E-state index is 13.0. The van der Waals surface area contributed by atoms with Crippen LogP contribution in [0.5, 0.6) is 5.75 Å². The number of benzene rings is 2. The molecule has 0 aliphatic rings. The first-order valence-corrected chi connectivity index (χ1v) is 9.64. The zero-order valence-corrected chi connectivity index (χ0v) is 16.3. The molecule has 1 aromatic heterocycles. The summed E-state index contributed by atoms with van der Waals surface area (Å²) in [4.78, 5) is 20.2. The Balaban J connectivity index is 1.73. The summed E-state index contributed by atoms with van der Waals surface area (Å²) in [5.74, 6) is 0.791. The lowest BCUT2D eigenvalue weighted by atomic mass is 10.2. The standard InChI is InChI=1S/C22H22N2O2S/c1-3-26-18-13-11-17(12-14-18)16-24(2)22(25)20-10-7-15-23-21(20)27-19-8-5-4-6-9-19/h4-15H,3,16H2,1-2H3. The maximum Gasteiger partial charge on any atom is 0.256 e. The van der Waals surface area contributed by atoms with E-state index in [1.54, 1.807) is 17.2 Å². The Morgan fingerprint density at radius 2 is 1.78 bits per heavy atom. The summed E-state index contributed by atoms with van der Waals surface area (Å²) in [6.45, 7) is 3.12. The van der Waals surface area contributed by atoms with Crippen molar-refractivity contribution >= 4 is 17.7 Å². The van der Waals surface area contributed by atoms with Crippen LogP contribution in [-0.4, -0.2) is 29.4 Å². The van der Waals surface area contributed by atoms with Crippen LogP contribution in [0.1, 0.15) is 22.8 Å². The third-order valence-corrected chi connectivity index (χ3v) is 4.99. The van der Waals surface area contributed by atoms with Gasteiger partial charge in [0, 0.05) is 24.7 Å². The second kappa shape index (κ2) is 9.24. The minimum atomic E-state index is -0.0459. The van der Waals surface area contributed by atoms with Crippen LogP contribution in [0.15, 0.2) is 82.8 Å². The van der Waals surface area contributed by atoms with Crippen LogP contribution in [-0.2, 0) is 6.54 Å². The quantitative estimate of drug-likeness (QED) is 0.586. The van der Waals surface area contributed by atoms with E-state index >= 15 is 0 Å². The second-order valence-electron chi connectivity index (χ2n) is 6.01. The topological polar surface area (TPSA) is 42.4 Å². The summed E-state index contributed by atoms with van der Waals surface area (Å²) in [7, 11) is 1.81. The number of hydrogen-bond acceptors (Lipinski definition) is 4. The van der Waals surface area contributed by atoms with Gasteiger partial charge in [-0.05, 0) is 48.9 Å². The van der Waals surface area contributed by atoms with E-state index in [1.165, 1.54) is 11.8 Å². The summed E-state index contributed by atoms with van der Waals surface area (Å²) in [5.41, 5.74) is 1.66. The number of amides is 1. The predicted molar refractivity (Wildman–Crippen MR) is 108 cm³/mol. The van der Waals surface area contributed by atoms with Gasteiger partial charge in [0.25, 0.3) is 5.91 Å². The fourth-order valence-electron chi connectivity index (χ4n) is 2.64. The van der Waals surface area contributed by atoms with Crippen molar-refractivity contribution in [3.63, 3.8) is 0 Å². The molecule has 0 unspecified atom stereocenters. The van der Waals surface area contributed by atoms with Crippen molar-refractivity contribution < 1.29 is 9.53 Å². The molecule has 138 valence electrons. The van der Waals surface area contributed by atoms with Crippen LogP contribution in [0.3, 0.4) is 0 Å². The highest BCUT2D eigenvalue weighted by Gasteiger charge is 2.17. The molecule has 0 saturated heterocycles. The van der Waals surface area contributed by atoms with E-state index in [0.29, 0.717) is 23.7 Å². The molecule has 27 heavy (non-hydrogen) atoms. The number of aromatic nitrogens is 1. The summed E-state index contributed by atoms with van der Waals surface area (Å²) in [6.07, 6.45) is 1.72. The molecule has 0 bridgehead atoms. The molecule has 3 rings (SSSR count). The van der Waals surface area contributed by atoms with Crippen LogP contribution in [0.2, 0.25) is 0 Å². The average molecular weight is 378 g/mol. The van der Waals surface area contributed by atoms with Gasteiger partial charge in [0.05, 0.1) is 12.2 Å². The Labute approximate surface area is 164 Å². The lowest BCUT2D eigenvalue weighted by Crippen LogP contribution is -2.26. The molecule has 0 aliphatic heterocycles. The molecule has 1 heterocycles. The number of pyridine rings is 1. The Morgan fingerprint density at radius 3 is 2.48 bits per heavy atom. The molecule has 0 aliphatic carbocycles. The van der Waals surface area contributed by atoms with Crippen molar-refractivity contribution in [2.24, 2.45) is 0 Å². The zero-order valence-electron chi connectivity index (χ0n) is 15.5. The highest BCUT2D eigenvalue weighted by atomic mass is 32.2. The van der Waals surface area contributed by atoms with Crippen LogP contribution in [0.4, 0.5) is 0 Å². The fraction of sp³-hybridized carbons (Fsp3) is 0.182. The summed E-state index contributed by atoms with van der Waals surface area (Å²) >= 11 is 1.50. The van der Waals surface area contributed by atoms with Gasteiger partial charge in [-0.3, -0.25) is 4.79 Å². The van der Waals surface area contributed by atoms with Crippen LogP contribution < -0.4 is 4.74 Å². The number of carbonyl (C=O) groups excluding carboxylic acids is 1. The van der Waals surface area contributed by atoms with E-state index in [4.69, 9.17) is 4.74 Å². The third-order valence-electron chi connectivity index (χ3n) is 3.96. The van der Waals surface area contributed by atoms with E-state index in [1.807, 2.05) is 74.6 Å². The first kappa shape index (κ1) is 19.0. The fourth-order valence-corrected chi connectivity index (χ4v) is 3.54. The van der Waals surface area contributed by atoms with Crippen LogP contribution >= 0.6 is 11.8 Å². The lowest BCUT2D eigenvalue weighted by Gasteiger charge is -2.19. The van der Waals surface area contributed by atoms with E-state index in [9.17, 15) is 4.79 Å². The van der Waals surface area contributed by atoms with E-state index in [0.717, 1.165) is 16.2 Å². The Bertz CT molecular complexity index is 882. The number of carbonyl (C=O) groups is 1. The first-order chi connectivity index (χ1) is 13.2. The smallest absolute Gasteiger partial charge is 0.256 e. The molecular weight excluding hydrogens is 356 g/mol. The molecule has 5 heteroatoms. The van der Waals surface area contributed by atoms with E-state index < -0.39 is 0 Å². The van der Waals surface area contributed by atoms with E-state index in [2.05, 4.69) is 4.98 Å². The molecule has 0 atom stereocenters. The molecule has 0 spiro atoms. The first-order valence-electron chi connectivity index (χ1n) is 8.82. The third kappa shape index (κ3) is 5.11. The second-order valence-corrected chi connectivity index (χ2v) is 7.07. The Morgan fingerprint density at radius 1 is 1.04 bits per heavy atom. The van der Waals surface area contributed by atoms with Crippen molar-refractivity contribution in [3.05, 3.63) is 84.1 Å². The van der Waals surface area contributed by atoms with Crippen molar-refractivity contribution in [2.75, 3.05) is 13.7 Å². The average Bonchev–Trinajstić information content (AvgIpc) is 2.70. The summed E-state index contributed by atoms with van der Waals surface area (Å²) in [5, 5.41) is 0.715. The van der Waals surface area contributed by atoms with Gasteiger partial charge in [0.15, 0.2) is 0 Å². The minimum absolute atomic E-state index is 0.0459. The number of rotatable bonds is 7. The number of hydrogen-bond donors (Lipinski definition) is 0. The summed E-state index contributed by atoms with van der Waals surface area (Å²) < 4.78 is 5.46. The molecule has 1 amide bonds. The van der Waals surface area contributed by atoms with Crippen molar-refractivity contribution in [1.82, 2.24) is 9.88 Å². The molecule has 4 nitrogen and oxygen atoms in total. The van der Waals surface area contributed by atoms with Gasteiger partial charge in [0.2, 0.25) is 0 Å². The van der Waals surface area contributed by atoms with Gasteiger partial charge < -0.3 is 9.64 Å². The highest BCUT2D eigenvalue weighted by Crippen LogP contribution is 2.29. The SMILES string of the molecule is CCOc1ccc(CN(C)C(=O)c2cccnc2Sc2ccccc2)cc1. The number of ether oxygens (including phenoxy) is 1. The normalized spacial score (nSPS) is 10.4. The van der Waals surface area contributed by atoms with Gasteiger partial charge in [-0.25, -0.2) is 4.98 Å². The minimum Gasteiger partial charge on any atom is -0.494 e. The van der Waals surface area contributed by atoms with Gasteiger partial charge in [0.1, 0.15) is 10.8 Å². The molecule has 0 saturated carbocycles. The largest absolute Gasteiger partial charge is 0.494 e. The van der Waals surface area contributed by atoms with Crippen LogP contribution in [0.25, 0.3) is 0 Å². The van der Waals surface area contributed by atoms with Gasteiger partial charge in [-0.2, -0.15) is 0 Å². The molecular formula is C22H22N2O2S. The zero-order chi connectivity index (χ0) is 19.1. The predicted octanol–water partition coefficient (Wildman–Crippen LogP) is 4.90. The summed E-state index contributed by atoms with van der Waals surface area (Å²) in [6, 6.07) is 21.4. The van der Waals surface area contributed by atoms with Crippen molar-refractivity contribution in [1.29, 1.82) is 0 Å². The van der Waals surface area contributed by atoms with Gasteiger partial charge in [-0.15, -0.1) is 0 Å². The molecule has 0 radical (unpaired) electrons. The van der Waals surface area contributed by atoms with Crippen molar-refractivity contribution in [2.45, 2.75) is 23.4 Å². The molecule has 2 aromatic carbocycles. The van der Waals surface area contributed by atoms with Crippen molar-refractivity contribution in [3.8, 4) is 5.75 Å². The maximum atomic E-state index is 13.0. The molecule has 0 N–H and O–H groups in total. The lowest BCUT2D eigenvalue weighted by molar-refractivity contribution is 0.0781. The molecule has 0 fully saturated rings. The Hall–Kier alpha value is -2.79. The Kier molecular flexibility index (Phi) is 6.49.